The number of carboxylic acid groups (broad SMARTS) is 1. The van der Waals surface area contributed by atoms with Gasteiger partial charge in [-0.25, -0.2) is 13.2 Å². The Morgan fingerprint density at radius 3 is 2.48 bits per heavy atom. The SMILES string of the molecule is COCCCN(C)C(=O)C1CCN(S(=O)(=O)c2ccccc2C(=O)O)CC1. The zero-order valence-electron chi connectivity index (χ0n) is 15.6. The zero-order valence-corrected chi connectivity index (χ0v) is 16.4. The zero-order chi connectivity index (χ0) is 20.0. The number of benzene rings is 1. The third-order valence-corrected chi connectivity index (χ3v) is 6.71. The molecular formula is C18H26N2O6S. The molecule has 1 fully saturated rings. The maximum Gasteiger partial charge on any atom is 0.337 e. The first-order valence-electron chi connectivity index (χ1n) is 8.85. The van der Waals surface area contributed by atoms with Crippen molar-refractivity contribution in [2.45, 2.75) is 24.2 Å². The molecule has 0 radical (unpaired) electrons. The predicted molar refractivity (Wildman–Crippen MR) is 99.0 cm³/mol. The molecule has 1 aromatic carbocycles. The predicted octanol–water partition coefficient (Wildman–Crippen LogP) is 1.28. The number of aromatic carboxylic acids is 1. The number of ether oxygens (including phenoxy) is 1. The largest absolute Gasteiger partial charge is 0.478 e. The van der Waals surface area contributed by atoms with E-state index in [2.05, 4.69) is 0 Å². The van der Waals surface area contributed by atoms with Gasteiger partial charge < -0.3 is 14.7 Å². The first kappa shape index (κ1) is 21.3. The first-order chi connectivity index (χ1) is 12.8. The highest BCUT2D eigenvalue weighted by Crippen LogP contribution is 2.26. The number of sulfonamides is 1. The lowest BCUT2D eigenvalue weighted by Gasteiger charge is -2.32. The van der Waals surface area contributed by atoms with Gasteiger partial charge in [-0.15, -0.1) is 0 Å². The number of carbonyl (C=O) groups excluding carboxylic acids is 1. The van der Waals surface area contributed by atoms with E-state index in [0.717, 1.165) is 6.42 Å². The van der Waals surface area contributed by atoms with E-state index in [1.807, 2.05) is 0 Å². The van der Waals surface area contributed by atoms with Crippen molar-refractivity contribution in [3.05, 3.63) is 29.8 Å². The van der Waals surface area contributed by atoms with Gasteiger partial charge in [-0.2, -0.15) is 4.31 Å². The van der Waals surface area contributed by atoms with Crippen LogP contribution in [0.5, 0.6) is 0 Å². The van der Waals surface area contributed by atoms with Crippen LogP contribution in [0.25, 0.3) is 0 Å². The summed E-state index contributed by atoms with van der Waals surface area (Å²) in [4.78, 5) is 25.3. The van der Waals surface area contributed by atoms with Crippen LogP contribution in [0, 0.1) is 5.92 Å². The maximum atomic E-state index is 12.9. The van der Waals surface area contributed by atoms with Crippen LogP contribution in [-0.4, -0.2) is 75.0 Å². The van der Waals surface area contributed by atoms with Gasteiger partial charge in [0, 0.05) is 46.3 Å². The number of hydrogen-bond acceptors (Lipinski definition) is 5. The lowest BCUT2D eigenvalue weighted by atomic mass is 9.96. The van der Waals surface area contributed by atoms with Crippen molar-refractivity contribution in [3.63, 3.8) is 0 Å². The molecule has 1 N–H and O–H groups in total. The summed E-state index contributed by atoms with van der Waals surface area (Å²) in [7, 11) is -0.562. The van der Waals surface area contributed by atoms with Gasteiger partial charge in [-0.05, 0) is 31.4 Å². The molecular weight excluding hydrogens is 372 g/mol. The highest BCUT2D eigenvalue weighted by molar-refractivity contribution is 7.89. The average molecular weight is 398 g/mol. The van der Waals surface area contributed by atoms with Gasteiger partial charge in [-0.3, -0.25) is 4.79 Å². The van der Waals surface area contributed by atoms with Crippen molar-refractivity contribution in [1.29, 1.82) is 0 Å². The summed E-state index contributed by atoms with van der Waals surface area (Å²) < 4.78 is 32.0. The summed E-state index contributed by atoms with van der Waals surface area (Å²) in [6.45, 7) is 1.56. The molecule has 1 amide bonds. The fourth-order valence-electron chi connectivity index (χ4n) is 3.22. The Hall–Kier alpha value is -1.97. The maximum absolute atomic E-state index is 12.9. The van der Waals surface area contributed by atoms with Crippen molar-refractivity contribution < 1.29 is 27.9 Å². The molecule has 0 aliphatic carbocycles. The molecule has 0 atom stereocenters. The Morgan fingerprint density at radius 2 is 1.89 bits per heavy atom. The number of carboxylic acids is 1. The Balaban J connectivity index is 2.03. The van der Waals surface area contributed by atoms with E-state index in [-0.39, 0.29) is 35.4 Å². The van der Waals surface area contributed by atoms with E-state index in [1.165, 1.54) is 28.6 Å². The molecule has 0 saturated carbocycles. The molecule has 0 unspecified atom stereocenters. The van der Waals surface area contributed by atoms with Crippen LogP contribution >= 0.6 is 0 Å². The molecule has 1 heterocycles. The van der Waals surface area contributed by atoms with Gasteiger partial charge in [0.05, 0.1) is 10.5 Å². The molecule has 0 spiro atoms. The summed E-state index contributed by atoms with van der Waals surface area (Å²) in [6, 6.07) is 5.58. The van der Waals surface area contributed by atoms with Crippen LogP contribution in [0.4, 0.5) is 0 Å². The number of carbonyl (C=O) groups is 2. The topological polar surface area (TPSA) is 104 Å². The van der Waals surface area contributed by atoms with E-state index >= 15 is 0 Å². The van der Waals surface area contributed by atoms with Crippen molar-refractivity contribution >= 4 is 21.9 Å². The van der Waals surface area contributed by atoms with E-state index in [4.69, 9.17) is 4.74 Å². The van der Waals surface area contributed by atoms with Crippen LogP contribution in [0.15, 0.2) is 29.2 Å². The highest BCUT2D eigenvalue weighted by Gasteiger charge is 2.34. The smallest absolute Gasteiger partial charge is 0.337 e. The van der Waals surface area contributed by atoms with E-state index in [9.17, 15) is 23.1 Å². The van der Waals surface area contributed by atoms with Crippen LogP contribution < -0.4 is 0 Å². The second-order valence-electron chi connectivity index (χ2n) is 6.59. The summed E-state index contributed by atoms with van der Waals surface area (Å²) in [5.74, 6) is -1.50. The van der Waals surface area contributed by atoms with Crippen molar-refractivity contribution in [3.8, 4) is 0 Å². The second kappa shape index (κ2) is 9.29. The minimum Gasteiger partial charge on any atom is -0.478 e. The third-order valence-electron chi connectivity index (χ3n) is 4.76. The number of nitrogens with zero attached hydrogens (tertiary/aromatic N) is 2. The molecule has 27 heavy (non-hydrogen) atoms. The summed E-state index contributed by atoms with van der Waals surface area (Å²) in [5, 5.41) is 9.25. The molecule has 1 saturated heterocycles. The minimum absolute atomic E-state index is 0.00841. The van der Waals surface area contributed by atoms with Gasteiger partial charge in [0.15, 0.2) is 0 Å². The Bertz CT molecular complexity index is 772. The minimum atomic E-state index is -3.91. The molecule has 150 valence electrons. The van der Waals surface area contributed by atoms with Gasteiger partial charge in [-0.1, -0.05) is 12.1 Å². The fraction of sp³-hybridized carbons (Fsp3) is 0.556. The standard InChI is InChI=1S/C18H26N2O6S/c1-19(10-5-13-26-2)17(21)14-8-11-20(12-9-14)27(24,25)16-7-4-3-6-15(16)18(22)23/h3-4,6-7,14H,5,8-13H2,1-2H3,(H,22,23). The summed E-state index contributed by atoms with van der Waals surface area (Å²) in [6.07, 6.45) is 1.59. The Kier molecular flexibility index (Phi) is 7.34. The second-order valence-corrected chi connectivity index (χ2v) is 8.49. The number of piperidine rings is 1. The van der Waals surface area contributed by atoms with Crippen LogP contribution in [-0.2, 0) is 19.6 Å². The van der Waals surface area contributed by atoms with E-state index in [1.54, 1.807) is 19.1 Å². The number of hydrogen-bond donors (Lipinski definition) is 1. The van der Waals surface area contributed by atoms with Gasteiger partial charge >= 0.3 is 5.97 Å². The lowest BCUT2D eigenvalue weighted by Crippen LogP contribution is -2.44. The molecule has 0 bridgehead atoms. The van der Waals surface area contributed by atoms with Crippen molar-refractivity contribution in [2.24, 2.45) is 5.92 Å². The van der Waals surface area contributed by atoms with Crippen LogP contribution in [0.3, 0.4) is 0 Å². The highest BCUT2D eigenvalue weighted by atomic mass is 32.2. The molecule has 1 aliphatic rings. The fourth-order valence-corrected chi connectivity index (χ4v) is 4.87. The van der Waals surface area contributed by atoms with Gasteiger partial charge in [0.1, 0.15) is 0 Å². The van der Waals surface area contributed by atoms with Crippen LogP contribution in [0.2, 0.25) is 0 Å². The van der Waals surface area contributed by atoms with Gasteiger partial charge in [0.25, 0.3) is 0 Å². The van der Waals surface area contributed by atoms with Gasteiger partial charge in [0.2, 0.25) is 15.9 Å². The summed E-state index contributed by atoms with van der Waals surface area (Å²) in [5.41, 5.74) is -0.242. The monoisotopic (exact) mass is 398 g/mol. The van der Waals surface area contributed by atoms with Crippen LogP contribution in [0.1, 0.15) is 29.6 Å². The van der Waals surface area contributed by atoms with E-state index < -0.39 is 16.0 Å². The Labute approximate surface area is 159 Å². The molecule has 2 rings (SSSR count). The average Bonchev–Trinajstić information content (AvgIpc) is 2.67. The molecule has 9 heteroatoms. The lowest BCUT2D eigenvalue weighted by molar-refractivity contribution is -0.135. The van der Waals surface area contributed by atoms with Crippen molar-refractivity contribution in [1.82, 2.24) is 9.21 Å². The quantitative estimate of drug-likeness (QED) is 0.662. The number of rotatable bonds is 8. The third kappa shape index (κ3) is 5.06. The molecule has 1 aromatic rings. The van der Waals surface area contributed by atoms with E-state index in [0.29, 0.717) is 26.0 Å². The normalized spacial score (nSPS) is 16.2. The molecule has 0 aromatic heterocycles. The molecule has 1 aliphatic heterocycles. The Morgan fingerprint density at radius 1 is 1.26 bits per heavy atom. The summed E-state index contributed by atoms with van der Waals surface area (Å²) >= 11 is 0. The number of amides is 1. The first-order valence-corrected chi connectivity index (χ1v) is 10.3. The number of methoxy groups -OCH3 is 1. The van der Waals surface area contributed by atoms with Crippen molar-refractivity contribution in [2.75, 3.05) is 40.4 Å². The molecule has 8 nitrogen and oxygen atoms in total.